The standard InChI is InChI=1S/C22H24F2N4O2/c1-15(30-20-9-7-18(24)8-10-20)13-27-22(25-2)26-12-11-19-14-29-21(28-19)16-3-5-17(23)6-4-16/h3-10,14-15H,11-13H2,1-2H3,(H2,25,26,27). The first kappa shape index (κ1) is 21.3. The number of aromatic nitrogens is 1. The molecule has 0 aliphatic carbocycles. The Kier molecular flexibility index (Phi) is 7.37. The minimum absolute atomic E-state index is 0.136. The summed E-state index contributed by atoms with van der Waals surface area (Å²) in [7, 11) is 1.68. The molecule has 2 aromatic carbocycles. The quantitative estimate of drug-likeness (QED) is 0.433. The number of aliphatic imine (C=N–C) groups is 1. The zero-order valence-electron chi connectivity index (χ0n) is 16.9. The molecular formula is C22H24F2N4O2. The van der Waals surface area contributed by atoms with E-state index in [1.165, 1.54) is 24.3 Å². The molecule has 0 bridgehead atoms. The zero-order valence-corrected chi connectivity index (χ0v) is 16.9. The third-order valence-corrected chi connectivity index (χ3v) is 4.25. The Balaban J connectivity index is 1.41. The molecule has 3 aromatic rings. The van der Waals surface area contributed by atoms with E-state index >= 15 is 0 Å². The van der Waals surface area contributed by atoms with Crippen LogP contribution in [-0.2, 0) is 6.42 Å². The van der Waals surface area contributed by atoms with Gasteiger partial charge in [-0.3, -0.25) is 4.99 Å². The molecule has 158 valence electrons. The van der Waals surface area contributed by atoms with Crippen molar-refractivity contribution in [1.29, 1.82) is 0 Å². The first-order valence-electron chi connectivity index (χ1n) is 9.60. The van der Waals surface area contributed by atoms with Crippen molar-refractivity contribution in [3.05, 3.63) is 72.1 Å². The van der Waals surface area contributed by atoms with Crippen LogP contribution in [0.1, 0.15) is 12.6 Å². The Morgan fingerprint density at radius 2 is 1.73 bits per heavy atom. The van der Waals surface area contributed by atoms with Gasteiger partial charge in [0, 0.05) is 25.6 Å². The number of nitrogens with one attached hydrogen (secondary N) is 2. The summed E-state index contributed by atoms with van der Waals surface area (Å²) in [6.07, 6.45) is 2.09. The summed E-state index contributed by atoms with van der Waals surface area (Å²) in [6.45, 7) is 3.04. The highest BCUT2D eigenvalue weighted by Crippen LogP contribution is 2.19. The second-order valence-electron chi connectivity index (χ2n) is 6.66. The van der Waals surface area contributed by atoms with Crippen LogP contribution in [0, 0.1) is 11.6 Å². The maximum Gasteiger partial charge on any atom is 0.226 e. The van der Waals surface area contributed by atoms with Crippen molar-refractivity contribution < 1.29 is 17.9 Å². The molecule has 30 heavy (non-hydrogen) atoms. The smallest absolute Gasteiger partial charge is 0.226 e. The summed E-state index contributed by atoms with van der Waals surface area (Å²) in [5.41, 5.74) is 1.51. The lowest BCUT2D eigenvalue weighted by molar-refractivity contribution is 0.223. The minimum atomic E-state index is -0.300. The molecule has 1 heterocycles. The molecule has 0 saturated carbocycles. The van der Waals surface area contributed by atoms with Gasteiger partial charge in [-0.05, 0) is 55.5 Å². The largest absolute Gasteiger partial charge is 0.489 e. The van der Waals surface area contributed by atoms with Gasteiger partial charge in [0.25, 0.3) is 0 Å². The van der Waals surface area contributed by atoms with Crippen LogP contribution in [0.25, 0.3) is 11.5 Å². The number of ether oxygens (including phenoxy) is 1. The lowest BCUT2D eigenvalue weighted by Crippen LogP contribution is -2.42. The van der Waals surface area contributed by atoms with E-state index in [1.807, 2.05) is 6.92 Å². The highest BCUT2D eigenvalue weighted by molar-refractivity contribution is 5.79. The van der Waals surface area contributed by atoms with Gasteiger partial charge in [0.05, 0.1) is 12.2 Å². The monoisotopic (exact) mass is 414 g/mol. The van der Waals surface area contributed by atoms with Crippen LogP contribution in [0.15, 0.2) is 64.2 Å². The van der Waals surface area contributed by atoms with Crippen molar-refractivity contribution in [2.75, 3.05) is 20.1 Å². The van der Waals surface area contributed by atoms with Gasteiger partial charge in [0.15, 0.2) is 5.96 Å². The molecule has 8 heteroatoms. The second-order valence-corrected chi connectivity index (χ2v) is 6.66. The van der Waals surface area contributed by atoms with Gasteiger partial charge in [-0.25, -0.2) is 13.8 Å². The average molecular weight is 414 g/mol. The van der Waals surface area contributed by atoms with Crippen molar-refractivity contribution in [3.8, 4) is 17.2 Å². The lowest BCUT2D eigenvalue weighted by Gasteiger charge is -2.17. The number of hydrogen-bond donors (Lipinski definition) is 2. The van der Waals surface area contributed by atoms with Crippen molar-refractivity contribution >= 4 is 5.96 Å². The molecule has 1 atom stereocenters. The van der Waals surface area contributed by atoms with Gasteiger partial charge < -0.3 is 19.8 Å². The van der Waals surface area contributed by atoms with Crippen LogP contribution in [0.3, 0.4) is 0 Å². The molecule has 6 nitrogen and oxygen atoms in total. The number of guanidine groups is 1. The number of halogens is 2. The maximum atomic E-state index is 13.0. The highest BCUT2D eigenvalue weighted by atomic mass is 19.1. The van der Waals surface area contributed by atoms with Crippen LogP contribution in [0.4, 0.5) is 8.78 Å². The summed E-state index contributed by atoms with van der Waals surface area (Å²) < 4.78 is 37.2. The third-order valence-electron chi connectivity index (χ3n) is 4.25. The molecule has 3 rings (SSSR count). The Hall–Kier alpha value is -3.42. The SMILES string of the molecule is CN=C(NCCc1coc(-c2ccc(F)cc2)n1)NCC(C)Oc1ccc(F)cc1. The zero-order chi connectivity index (χ0) is 21.3. The van der Waals surface area contributed by atoms with Gasteiger partial charge in [0.2, 0.25) is 5.89 Å². The van der Waals surface area contributed by atoms with Crippen LogP contribution < -0.4 is 15.4 Å². The fourth-order valence-electron chi connectivity index (χ4n) is 2.70. The van der Waals surface area contributed by atoms with E-state index in [4.69, 9.17) is 9.15 Å². The second kappa shape index (κ2) is 10.4. The fourth-order valence-corrected chi connectivity index (χ4v) is 2.70. The topological polar surface area (TPSA) is 71.7 Å². The Morgan fingerprint density at radius 1 is 1.07 bits per heavy atom. The molecule has 0 aliphatic rings. The fraction of sp³-hybridized carbons (Fsp3) is 0.273. The molecule has 0 aliphatic heterocycles. The molecule has 0 amide bonds. The Bertz CT molecular complexity index is 956. The van der Waals surface area contributed by atoms with Gasteiger partial charge in [0.1, 0.15) is 29.8 Å². The van der Waals surface area contributed by atoms with Crippen LogP contribution in [0.5, 0.6) is 5.75 Å². The molecule has 1 aromatic heterocycles. The normalized spacial score (nSPS) is 12.5. The van der Waals surface area contributed by atoms with Gasteiger partial charge in [-0.1, -0.05) is 0 Å². The van der Waals surface area contributed by atoms with Crippen molar-refractivity contribution in [3.63, 3.8) is 0 Å². The lowest BCUT2D eigenvalue weighted by atomic mass is 10.2. The minimum Gasteiger partial charge on any atom is -0.489 e. The highest BCUT2D eigenvalue weighted by Gasteiger charge is 2.09. The van der Waals surface area contributed by atoms with Gasteiger partial charge in [-0.15, -0.1) is 0 Å². The number of nitrogens with zero attached hydrogens (tertiary/aromatic N) is 2. The maximum absolute atomic E-state index is 13.0. The van der Waals surface area contributed by atoms with E-state index in [1.54, 1.807) is 37.6 Å². The summed E-state index contributed by atoms with van der Waals surface area (Å²) in [5, 5.41) is 6.39. The van der Waals surface area contributed by atoms with Crippen molar-refractivity contribution in [2.24, 2.45) is 4.99 Å². The van der Waals surface area contributed by atoms with E-state index in [2.05, 4.69) is 20.6 Å². The van der Waals surface area contributed by atoms with E-state index in [-0.39, 0.29) is 17.7 Å². The summed E-state index contributed by atoms with van der Waals surface area (Å²) in [4.78, 5) is 8.60. The summed E-state index contributed by atoms with van der Waals surface area (Å²) in [6, 6.07) is 11.9. The van der Waals surface area contributed by atoms with Crippen LogP contribution >= 0.6 is 0 Å². The van der Waals surface area contributed by atoms with Crippen molar-refractivity contribution in [2.45, 2.75) is 19.4 Å². The van der Waals surface area contributed by atoms with Crippen LogP contribution in [0.2, 0.25) is 0 Å². The van der Waals surface area contributed by atoms with Crippen LogP contribution in [-0.4, -0.2) is 37.2 Å². The number of hydrogen-bond acceptors (Lipinski definition) is 4. The molecule has 0 spiro atoms. The Labute approximate surface area is 174 Å². The first-order chi connectivity index (χ1) is 14.5. The molecule has 0 saturated heterocycles. The molecular weight excluding hydrogens is 390 g/mol. The predicted octanol–water partition coefficient (Wildman–Crippen LogP) is 3.79. The number of benzene rings is 2. The van der Waals surface area contributed by atoms with E-state index < -0.39 is 0 Å². The predicted molar refractivity (Wildman–Crippen MR) is 111 cm³/mol. The van der Waals surface area contributed by atoms with Gasteiger partial charge >= 0.3 is 0 Å². The third kappa shape index (κ3) is 6.30. The van der Waals surface area contributed by atoms with Crippen molar-refractivity contribution in [1.82, 2.24) is 15.6 Å². The van der Waals surface area contributed by atoms with E-state index in [0.717, 1.165) is 11.3 Å². The average Bonchev–Trinajstić information content (AvgIpc) is 3.21. The molecule has 1 unspecified atom stereocenters. The first-order valence-corrected chi connectivity index (χ1v) is 9.60. The summed E-state index contributed by atoms with van der Waals surface area (Å²) in [5.74, 6) is 1.10. The number of rotatable bonds is 8. The Morgan fingerprint density at radius 3 is 2.40 bits per heavy atom. The molecule has 2 N–H and O–H groups in total. The molecule has 0 fully saturated rings. The molecule has 0 radical (unpaired) electrons. The van der Waals surface area contributed by atoms with E-state index in [0.29, 0.717) is 37.1 Å². The van der Waals surface area contributed by atoms with Gasteiger partial charge in [-0.2, -0.15) is 0 Å². The number of oxazole rings is 1. The summed E-state index contributed by atoms with van der Waals surface area (Å²) >= 11 is 0. The van der Waals surface area contributed by atoms with E-state index in [9.17, 15) is 8.78 Å².